The number of carbonyl (C=O) groups excluding carboxylic acids is 3. The maximum Gasteiger partial charge on any atom is 0.328 e. The van der Waals surface area contributed by atoms with Gasteiger partial charge < -0.3 is 24.7 Å². The fourth-order valence-electron chi connectivity index (χ4n) is 4.44. The van der Waals surface area contributed by atoms with Gasteiger partial charge in [-0.15, -0.1) is 0 Å². The van der Waals surface area contributed by atoms with Crippen LogP contribution in [-0.4, -0.2) is 54.0 Å². The predicted molar refractivity (Wildman–Crippen MR) is 117 cm³/mol. The molecule has 0 spiro atoms. The molecule has 2 aromatic rings. The van der Waals surface area contributed by atoms with E-state index in [2.05, 4.69) is 24.1 Å². The van der Waals surface area contributed by atoms with Crippen LogP contribution < -0.4 is 10.1 Å². The molecule has 1 aliphatic heterocycles. The van der Waals surface area contributed by atoms with Crippen molar-refractivity contribution < 1.29 is 23.9 Å². The highest BCUT2D eigenvalue weighted by atomic mass is 16.5. The van der Waals surface area contributed by atoms with Gasteiger partial charge in [-0.1, -0.05) is 13.8 Å². The van der Waals surface area contributed by atoms with Crippen LogP contribution >= 0.6 is 0 Å². The van der Waals surface area contributed by atoms with Gasteiger partial charge in [0.25, 0.3) is 0 Å². The molecule has 2 heterocycles. The van der Waals surface area contributed by atoms with Crippen molar-refractivity contribution in [2.24, 2.45) is 5.92 Å². The molecule has 3 rings (SSSR count). The Labute approximate surface area is 182 Å². The molecule has 2 N–H and O–H groups in total. The highest BCUT2D eigenvalue weighted by Crippen LogP contribution is 2.41. The second-order valence-corrected chi connectivity index (χ2v) is 8.48. The standard InChI is InChI=1S/C23H31N3O5/c1-12(2)9-19-21-17(16-8-7-15(30-5)10-18(16)25-21)11-20(23(29)31-6)26(19)22(28)13(3)24-14(4)27/h7-8,10,12-13,19-20,25H,9,11H2,1-6H3,(H,24,27). The quantitative estimate of drug-likeness (QED) is 0.688. The number of hydrogen-bond donors (Lipinski definition) is 2. The number of nitrogens with zero attached hydrogens (tertiary/aromatic N) is 1. The number of hydrogen-bond acceptors (Lipinski definition) is 5. The van der Waals surface area contributed by atoms with Gasteiger partial charge in [0.15, 0.2) is 0 Å². The molecule has 0 saturated carbocycles. The monoisotopic (exact) mass is 429 g/mol. The molecular weight excluding hydrogens is 398 g/mol. The fourth-order valence-corrected chi connectivity index (χ4v) is 4.44. The van der Waals surface area contributed by atoms with Crippen LogP contribution in [0.2, 0.25) is 0 Å². The maximum atomic E-state index is 13.5. The van der Waals surface area contributed by atoms with Gasteiger partial charge in [-0.25, -0.2) is 4.79 Å². The van der Waals surface area contributed by atoms with Crippen LogP contribution in [0.25, 0.3) is 10.9 Å². The van der Waals surface area contributed by atoms with Gasteiger partial charge in [0, 0.05) is 36.0 Å². The van der Waals surface area contributed by atoms with Crippen molar-refractivity contribution >= 4 is 28.7 Å². The molecule has 0 saturated heterocycles. The van der Waals surface area contributed by atoms with Gasteiger partial charge >= 0.3 is 5.97 Å². The lowest BCUT2D eigenvalue weighted by Crippen LogP contribution is -2.56. The van der Waals surface area contributed by atoms with Gasteiger partial charge in [-0.2, -0.15) is 0 Å². The van der Waals surface area contributed by atoms with Gasteiger partial charge in [0.2, 0.25) is 11.8 Å². The van der Waals surface area contributed by atoms with E-state index in [0.29, 0.717) is 12.8 Å². The number of esters is 1. The van der Waals surface area contributed by atoms with Gasteiger partial charge in [0.05, 0.1) is 20.3 Å². The van der Waals surface area contributed by atoms with Gasteiger partial charge in [0.1, 0.15) is 17.8 Å². The van der Waals surface area contributed by atoms with Crippen LogP contribution in [0.3, 0.4) is 0 Å². The van der Waals surface area contributed by atoms with E-state index in [0.717, 1.165) is 27.9 Å². The minimum Gasteiger partial charge on any atom is -0.497 e. The van der Waals surface area contributed by atoms with Crippen LogP contribution in [0.15, 0.2) is 18.2 Å². The van der Waals surface area contributed by atoms with E-state index in [1.54, 1.807) is 18.9 Å². The Balaban J connectivity index is 2.16. The zero-order chi connectivity index (χ0) is 22.9. The van der Waals surface area contributed by atoms with Crippen molar-refractivity contribution in [3.63, 3.8) is 0 Å². The summed E-state index contributed by atoms with van der Waals surface area (Å²) in [6, 6.07) is 3.89. The normalized spacial score (nSPS) is 19.1. The summed E-state index contributed by atoms with van der Waals surface area (Å²) < 4.78 is 10.4. The molecule has 0 radical (unpaired) electrons. The van der Waals surface area contributed by atoms with Crippen molar-refractivity contribution in [2.45, 2.75) is 58.7 Å². The smallest absolute Gasteiger partial charge is 0.328 e. The highest BCUT2D eigenvalue weighted by Gasteiger charge is 2.44. The molecule has 2 amide bonds. The van der Waals surface area contributed by atoms with E-state index in [1.165, 1.54) is 14.0 Å². The lowest BCUT2D eigenvalue weighted by atomic mass is 9.87. The number of amides is 2. The summed E-state index contributed by atoms with van der Waals surface area (Å²) in [4.78, 5) is 42.9. The van der Waals surface area contributed by atoms with Crippen molar-refractivity contribution in [1.29, 1.82) is 0 Å². The minimum absolute atomic E-state index is 0.265. The number of aromatic amines is 1. The van der Waals surface area contributed by atoms with Crippen LogP contribution in [0, 0.1) is 5.92 Å². The molecule has 31 heavy (non-hydrogen) atoms. The van der Waals surface area contributed by atoms with E-state index in [-0.39, 0.29) is 23.8 Å². The summed E-state index contributed by atoms with van der Waals surface area (Å²) >= 11 is 0. The number of benzene rings is 1. The largest absolute Gasteiger partial charge is 0.497 e. The number of carbonyl (C=O) groups is 3. The van der Waals surface area contributed by atoms with E-state index < -0.39 is 18.1 Å². The average Bonchev–Trinajstić information content (AvgIpc) is 3.09. The highest BCUT2D eigenvalue weighted by molar-refractivity contribution is 5.93. The van der Waals surface area contributed by atoms with E-state index in [1.807, 2.05) is 18.2 Å². The number of H-pyrrole nitrogens is 1. The Bertz CT molecular complexity index is 997. The Hall–Kier alpha value is -3.03. The second kappa shape index (κ2) is 8.99. The fraction of sp³-hybridized carbons (Fsp3) is 0.522. The first-order valence-corrected chi connectivity index (χ1v) is 10.5. The maximum absolute atomic E-state index is 13.5. The average molecular weight is 430 g/mol. The summed E-state index contributed by atoms with van der Waals surface area (Å²) in [5.41, 5.74) is 2.82. The number of ether oxygens (including phenoxy) is 2. The topological polar surface area (TPSA) is 101 Å². The summed E-state index contributed by atoms with van der Waals surface area (Å²) in [5, 5.41) is 3.65. The zero-order valence-corrected chi connectivity index (χ0v) is 18.9. The van der Waals surface area contributed by atoms with Crippen molar-refractivity contribution in [1.82, 2.24) is 15.2 Å². The molecule has 8 nitrogen and oxygen atoms in total. The zero-order valence-electron chi connectivity index (χ0n) is 18.9. The van der Waals surface area contributed by atoms with E-state index in [4.69, 9.17) is 9.47 Å². The first-order chi connectivity index (χ1) is 14.7. The summed E-state index contributed by atoms with van der Waals surface area (Å²) in [7, 11) is 2.94. The van der Waals surface area contributed by atoms with Crippen molar-refractivity contribution in [3.8, 4) is 5.75 Å². The first-order valence-electron chi connectivity index (χ1n) is 10.5. The Morgan fingerprint density at radius 2 is 1.94 bits per heavy atom. The second-order valence-electron chi connectivity index (χ2n) is 8.48. The number of fused-ring (bicyclic) bond motifs is 3. The predicted octanol–water partition coefficient (Wildman–Crippen LogP) is 2.71. The molecule has 0 bridgehead atoms. The molecule has 1 aromatic heterocycles. The molecule has 3 unspecified atom stereocenters. The molecule has 1 aromatic carbocycles. The molecule has 1 aliphatic rings. The third-order valence-corrected chi connectivity index (χ3v) is 5.76. The van der Waals surface area contributed by atoms with E-state index in [9.17, 15) is 14.4 Å². The first kappa shape index (κ1) is 22.7. The minimum atomic E-state index is -0.772. The molecule has 168 valence electrons. The van der Waals surface area contributed by atoms with Crippen LogP contribution in [-0.2, 0) is 25.5 Å². The summed E-state index contributed by atoms with van der Waals surface area (Å²) in [6.45, 7) is 7.16. The van der Waals surface area contributed by atoms with Crippen molar-refractivity contribution in [3.05, 3.63) is 29.5 Å². The molecule has 3 atom stereocenters. The number of nitrogens with one attached hydrogen (secondary N) is 2. The third kappa shape index (κ3) is 4.38. The third-order valence-electron chi connectivity index (χ3n) is 5.76. The lowest BCUT2D eigenvalue weighted by molar-refractivity contribution is -0.157. The Morgan fingerprint density at radius 3 is 2.52 bits per heavy atom. The summed E-state index contributed by atoms with van der Waals surface area (Å²) in [5.74, 6) is -0.0835. The van der Waals surface area contributed by atoms with Gasteiger partial charge in [-0.05, 0) is 37.0 Å². The summed E-state index contributed by atoms with van der Waals surface area (Å²) in [6.07, 6.45) is 0.991. The van der Waals surface area contributed by atoms with Crippen molar-refractivity contribution in [2.75, 3.05) is 14.2 Å². The number of methoxy groups -OCH3 is 2. The Morgan fingerprint density at radius 1 is 1.23 bits per heavy atom. The van der Waals surface area contributed by atoms with Crippen LogP contribution in [0.4, 0.5) is 0 Å². The number of aromatic nitrogens is 1. The van der Waals surface area contributed by atoms with Gasteiger partial charge in [-0.3, -0.25) is 9.59 Å². The molecule has 0 fully saturated rings. The SMILES string of the molecule is COC(=O)C1Cc2c([nH]c3cc(OC)ccc23)C(CC(C)C)N1C(=O)C(C)NC(C)=O. The number of rotatable bonds is 6. The molecule has 8 heteroatoms. The lowest BCUT2D eigenvalue weighted by Gasteiger charge is -2.42. The molecule has 0 aliphatic carbocycles. The van der Waals surface area contributed by atoms with Crippen LogP contribution in [0.5, 0.6) is 5.75 Å². The van der Waals surface area contributed by atoms with E-state index >= 15 is 0 Å². The molecular formula is C23H31N3O5. The van der Waals surface area contributed by atoms with Crippen LogP contribution in [0.1, 0.15) is 51.4 Å². The Kier molecular flexibility index (Phi) is 6.57.